The molecule has 2 aromatic rings. The summed E-state index contributed by atoms with van der Waals surface area (Å²) in [6.07, 6.45) is 0.861. The van der Waals surface area contributed by atoms with Crippen molar-refractivity contribution < 1.29 is 38.2 Å². The van der Waals surface area contributed by atoms with Gasteiger partial charge in [0, 0.05) is 24.1 Å². The summed E-state index contributed by atoms with van der Waals surface area (Å²) in [7, 11) is -2.13. The van der Waals surface area contributed by atoms with Crippen molar-refractivity contribution in [2.45, 2.75) is 16.6 Å². The number of carbonyl (C=O) groups is 3. The number of carboxylic acids is 1. The van der Waals surface area contributed by atoms with E-state index in [-0.39, 0.29) is 28.5 Å². The molecule has 4 rings (SSSR count). The Labute approximate surface area is 223 Å². The van der Waals surface area contributed by atoms with Crippen LogP contribution in [-0.4, -0.2) is 102 Å². The molecule has 3 heterocycles. The van der Waals surface area contributed by atoms with E-state index in [1.165, 1.54) is 34.3 Å². The van der Waals surface area contributed by atoms with Crippen molar-refractivity contribution in [3.8, 4) is 5.75 Å². The number of oxime groups is 1. The molecule has 2 atom stereocenters. The monoisotopic (exact) mass is 584 g/mol. The van der Waals surface area contributed by atoms with Crippen LogP contribution in [0.25, 0.3) is 0 Å². The van der Waals surface area contributed by atoms with Crippen LogP contribution in [0.4, 0.5) is 5.69 Å². The van der Waals surface area contributed by atoms with Crippen molar-refractivity contribution in [2.24, 2.45) is 12.2 Å². The van der Waals surface area contributed by atoms with Crippen LogP contribution in [0.2, 0.25) is 0 Å². The lowest BCUT2D eigenvalue weighted by atomic mass is 10.0. The number of tetrazole rings is 1. The molecule has 0 saturated carbocycles. The minimum atomic E-state index is -3.77. The van der Waals surface area contributed by atoms with E-state index in [0.717, 1.165) is 23.3 Å². The molecule has 19 heteroatoms. The highest BCUT2D eigenvalue weighted by molar-refractivity contribution is 8.01. The molecule has 1 aromatic heterocycles. The van der Waals surface area contributed by atoms with Gasteiger partial charge in [-0.2, -0.15) is 0 Å². The smallest absolute Gasteiger partial charge is 0.352 e. The Morgan fingerprint density at radius 2 is 2.08 bits per heavy atom. The number of phenols is 1. The molecule has 2 aliphatic heterocycles. The minimum Gasteiger partial charge on any atom is -0.506 e. The molecule has 202 valence electrons. The van der Waals surface area contributed by atoms with E-state index in [1.54, 1.807) is 7.05 Å². The number of hydrogen-bond donors (Lipinski definition) is 5. The van der Waals surface area contributed by atoms with E-state index in [9.17, 15) is 38.2 Å². The summed E-state index contributed by atoms with van der Waals surface area (Å²) >= 11 is 2.46. The molecule has 0 spiro atoms. The number of aromatic nitrogens is 4. The molecular weight excluding hydrogens is 564 g/mol. The number of carboxylic acid groups (broad SMARTS) is 1. The van der Waals surface area contributed by atoms with Crippen LogP contribution >= 0.6 is 23.5 Å². The van der Waals surface area contributed by atoms with Gasteiger partial charge in [0.15, 0.2) is 5.71 Å². The predicted molar refractivity (Wildman–Crippen MR) is 134 cm³/mol. The number of thioether (sulfide) groups is 2. The van der Waals surface area contributed by atoms with Crippen LogP contribution in [-0.2, 0) is 31.5 Å². The third kappa shape index (κ3) is 5.38. The third-order valence-corrected chi connectivity index (χ3v) is 8.40. The standard InChI is InChI=1S/C19H20N8O8S3/c1-26-19(21-24-25-26)37-7-9-6-36-17-13(16(30)27(17)14(9)18(31)32)20-15(29)12(22-33)8-3-4-11(28)10(5-8)23-38(2,34)35/h3-5,13,17,23,28,33H,6-7H2,1-2H3,(H,20,29)(H,31,32)/t13?,17-/m1/s1. The number of amides is 2. The van der Waals surface area contributed by atoms with Crippen molar-refractivity contribution >= 4 is 62.7 Å². The van der Waals surface area contributed by atoms with Crippen molar-refractivity contribution in [2.75, 3.05) is 22.5 Å². The van der Waals surface area contributed by atoms with Gasteiger partial charge in [0.1, 0.15) is 22.9 Å². The first kappa shape index (κ1) is 27.2. The normalized spacial score (nSPS) is 19.6. The average molecular weight is 585 g/mol. The summed E-state index contributed by atoms with van der Waals surface area (Å²) in [6, 6.07) is 2.27. The number of anilines is 1. The molecule has 0 aliphatic carbocycles. The number of aryl methyl sites for hydroxylation is 1. The number of rotatable bonds is 9. The molecule has 1 fully saturated rings. The number of hydrogen-bond acceptors (Lipinski definition) is 13. The number of aliphatic carboxylic acids is 1. The molecule has 16 nitrogen and oxygen atoms in total. The topological polar surface area (TPSA) is 229 Å². The Kier molecular flexibility index (Phi) is 7.51. The number of phenolic OH excluding ortho intramolecular Hbond substituents is 1. The average Bonchev–Trinajstić information content (AvgIpc) is 3.26. The highest BCUT2D eigenvalue weighted by Crippen LogP contribution is 2.41. The second-order valence-corrected chi connectivity index (χ2v) is 11.8. The Morgan fingerprint density at radius 1 is 1.34 bits per heavy atom. The number of carbonyl (C=O) groups excluding carboxylic acids is 2. The molecule has 1 aromatic carbocycles. The molecule has 5 N–H and O–H groups in total. The van der Waals surface area contributed by atoms with Crippen molar-refractivity contribution in [1.82, 2.24) is 30.4 Å². The van der Waals surface area contributed by atoms with Gasteiger partial charge < -0.3 is 20.7 Å². The van der Waals surface area contributed by atoms with Crippen molar-refractivity contribution in [3.63, 3.8) is 0 Å². The Hall–Kier alpha value is -3.84. The predicted octanol–water partition coefficient (Wildman–Crippen LogP) is -1.00. The second-order valence-electron chi connectivity index (χ2n) is 8.05. The maximum absolute atomic E-state index is 12.9. The third-order valence-electron chi connectivity index (χ3n) is 5.37. The van der Waals surface area contributed by atoms with Gasteiger partial charge in [-0.25, -0.2) is 17.9 Å². The Balaban J connectivity index is 1.50. The van der Waals surface area contributed by atoms with E-state index in [4.69, 9.17) is 0 Å². The zero-order valence-corrected chi connectivity index (χ0v) is 22.0. The van der Waals surface area contributed by atoms with Crippen LogP contribution in [0, 0.1) is 0 Å². The molecule has 1 saturated heterocycles. The fourth-order valence-corrected chi connectivity index (χ4v) is 6.60. The quantitative estimate of drug-likeness (QED) is 0.0595. The van der Waals surface area contributed by atoms with Gasteiger partial charge in [-0.3, -0.25) is 19.2 Å². The lowest BCUT2D eigenvalue weighted by Gasteiger charge is -2.49. The first-order valence-corrected chi connectivity index (χ1v) is 14.4. The lowest BCUT2D eigenvalue weighted by Crippen LogP contribution is -2.71. The van der Waals surface area contributed by atoms with Crippen molar-refractivity contribution in [3.05, 3.63) is 35.0 Å². The number of nitrogens with zero attached hydrogens (tertiary/aromatic N) is 6. The summed E-state index contributed by atoms with van der Waals surface area (Å²) in [5, 5.41) is 45.4. The zero-order chi connectivity index (χ0) is 27.8. The van der Waals surface area contributed by atoms with E-state index in [2.05, 4.69) is 30.7 Å². The van der Waals surface area contributed by atoms with E-state index in [1.807, 2.05) is 0 Å². The van der Waals surface area contributed by atoms with Gasteiger partial charge in [0.2, 0.25) is 15.2 Å². The molecule has 0 radical (unpaired) electrons. The summed E-state index contributed by atoms with van der Waals surface area (Å²) in [5.74, 6) is -2.88. The SMILES string of the molecule is Cn1nnnc1SCC1=C(C(=O)O)N2C(=O)C(NC(=O)C(=NO)c3ccc(O)c(NS(C)(=O)=O)c3)[C@H]2SC1. The number of benzene rings is 1. The fourth-order valence-electron chi connectivity index (χ4n) is 3.70. The molecule has 2 amide bonds. The number of sulfonamides is 1. The van der Waals surface area contributed by atoms with Crippen LogP contribution in [0.3, 0.4) is 0 Å². The van der Waals surface area contributed by atoms with Gasteiger partial charge >= 0.3 is 5.97 Å². The molecule has 2 aliphatic rings. The van der Waals surface area contributed by atoms with Crippen molar-refractivity contribution in [1.29, 1.82) is 0 Å². The van der Waals surface area contributed by atoms with Gasteiger partial charge in [-0.05, 0) is 34.2 Å². The Morgan fingerprint density at radius 3 is 2.68 bits per heavy atom. The summed E-state index contributed by atoms with van der Waals surface area (Å²) in [4.78, 5) is 38.9. The highest BCUT2D eigenvalue weighted by atomic mass is 32.2. The lowest BCUT2D eigenvalue weighted by molar-refractivity contribution is -0.150. The van der Waals surface area contributed by atoms with Crippen LogP contribution in [0.5, 0.6) is 5.75 Å². The fraction of sp³-hybridized carbons (Fsp3) is 0.316. The number of β-lactam (4-membered cyclic amide) rings is 1. The highest BCUT2D eigenvalue weighted by Gasteiger charge is 2.54. The minimum absolute atomic E-state index is 0.0578. The molecular formula is C19H20N8O8S3. The van der Waals surface area contributed by atoms with Crippen LogP contribution in [0.15, 0.2) is 39.8 Å². The first-order valence-electron chi connectivity index (χ1n) is 10.5. The summed E-state index contributed by atoms with van der Waals surface area (Å²) in [5.41, 5.74) is -0.573. The summed E-state index contributed by atoms with van der Waals surface area (Å²) < 4.78 is 26.6. The molecule has 1 unspecified atom stereocenters. The number of fused-ring (bicyclic) bond motifs is 1. The van der Waals surface area contributed by atoms with Gasteiger partial charge in [0.05, 0.1) is 11.9 Å². The maximum atomic E-state index is 12.9. The first-order chi connectivity index (χ1) is 17.9. The second kappa shape index (κ2) is 10.5. The Bertz CT molecular complexity index is 1490. The van der Waals surface area contributed by atoms with Crippen LogP contribution < -0.4 is 10.0 Å². The van der Waals surface area contributed by atoms with E-state index < -0.39 is 50.7 Å². The zero-order valence-electron chi connectivity index (χ0n) is 19.6. The van der Waals surface area contributed by atoms with Gasteiger partial charge in [0.25, 0.3) is 11.8 Å². The van der Waals surface area contributed by atoms with E-state index in [0.29, 0.717) is 10.7 Å². The van der Waals surface area contributed by atoms with E-state index >= 15 is 0 Å². The maximum Gasteiger partial charge on any atom is 0.352 e. The number of nitrogens with one attached hydrogen (secondary N) is 2. The largest absolute Gasteiger partial charge is 0.506 e. The summed E-state index contributed by atoms with van der Waals surface area (Å²) in [6.45, 7) is 0. The van der Waals surface area contributed by atoms with Gasteiger partial charge in [-0.15, -0.1) is 16.9 Å². The number of aromatic hydroxyl groups is 1. The van der Waals surface area contributed by atoms with Crippen LogP contribution in [0.1, 0.15) is 5.56 Å². The molecule has 0 bridgehead atoms. The molecule has 38 heavy (non-hydrogen) atoms. The van der Waals surface area contributed by atoms with Gasteiger partial charge in [-0.1, -0.05) is 16.9 Å².